The lowest BCUT2D eigenvalue weighted by atomic mass is 10.1. The number of nitrogens with zero attached hydrogens (tertiary/aromatic N) is 4. The number of hydrogen-bond acceptors (Lipinski definition) is 8. The van der Waals surface area contributed by atoms with Gasteiger partial charge >= 0.3 is 12.1 Å². The molecule has 2 heterocycles. The molecule has 5 rings (SSSR count). The minimum absolute atomic E-state index is 0.135. The Labute approximate surface area is 314 Å². The summed E-state index contributed by atoms with van der Waals surface area (Å²) in [7, 11) is 5.69. The van der Waals surface area contributed by atoms with E-state index in [1.165, 1.54) is 25.9 Å². The van der Waals surface area contributed by atoms with Gasteiger partial charge in [0.1, 0.15) is 5.75 Å². The van der Waals surface area contributed by atoms with E-state index in [0.717, 1.165) is 81.8 Å². The zero-order chi connectivity index (χ0) is 36.3. The van der Waals surface area contributed by atoms with Crippen LogP contribution in [0.1, 0.15) is 31.2 Å². The summed E-state index contributed by atoms with van der Waals surface area (Å²) in [5.41, 5.74) is 4.60. The van der Waals surface area contributed by atoms with E-state index in [2.05, 4.69) is 57.0 Å². The summed E-state index contributed by atoms with van der Waals surface area (Å²) >= 11 is 4.94. The van der Waals surface area contributed by atoms with Gasteiger partial charge in [-0.15, -0.1) is 0 Å². The smallest absolute Gasteiger partial charge is 0.319 e. The number of urea groups is 2. The summed E-state index contributed by atoms with van der Waals surface area (Å²) in [6.45, 7) is 5.82. The Kier molecular flexibility index (Phi) is 17.0. The Bertz CT molecular complexity index is 1620. The topological polar surface area (TPSA) is 124 Å². The molecule has 51 heavy (non-hydrogen) atoms. The molecule has 1 saturated heterocycles. The van der Waals surface area contributed by atoms with Crippen LogP contribution in [0.3, 0.4) is 0 Å². The number of carbonyl (C=O) groups excluding carboxylic acids is 2. The third-order valence-electron chi connectivity index (χ3n) is 7.90. The van der Waals surface area contributed by atoms with Crippen LogP contribution in [-0.2, 0) is 5.75 Å². The van der Waals surface area contributed by atoms with Crippen LogP contribution in [0.4, 0.5) is 21.0 Å². The molecule has 0 bridgehead atoms. The first-order valence-corrected chi connectivity index (χ1v) is 19.0. The van der Waals surface area contributed by atoms with Crippen molar-refractivity contribution in [3.8, 4) is 17.0 Å². The van der Waals surface area contributed by atoms with Crippen LogP contribution >= 0.6 is 27.7 Å². The summed E-state index contributed by atoms with van der Waals surface area (Å²) in [4.78, 5) is 37.2. The number of hydrogen-bond donors (Lipinski definition) is 4. The van der Waals surface area contributed by atoms with Crippen molar-refractivity contribution in [3.05, 3.63) is 95.1 Å². The van der Waals surface area contributed by atoms with Crippen molar-refractivity contribution in [1.82, 2.24) is 30.4 Å². The van der Waals surface area contributed by atoms with Crippen molar-refractivity contribution in [2.24, 2.45) is 0 Å². The molecule has 1 aliphatic heterocycles. The second-order valence-corrected chi connectivity index (χ2v) is 14.1. The summed E-state index contributed by atoms with van der Waals surface area (Å²) in [6.07, 6.45) is 6.33. The van der Waals surface area contributed by atoms with Crippen LogP contribution in [-0.4, -0.2) is 92.3 Å². The lowest BCUT2D eigenvalue weighted by molar-refractivity contribution is 0.250. The first-order chi connectivity index (χ1) is 24.8. The lowest BCUT2D eigenvalue weighted by Gasteiger charge is -2.14. The predicted octanol–water partition coefficient (Wildman–Crippen LogP) is 7.57. The minimum atomic E-state index is -0.186. The van der Waals surface area contributed by atoms with Crippen LogP contribution in [0.15, 0.2) is 94.7 Å². The Balaban J connectivity index is 0.000000261. The highest BCUT2D eigenvalue weighted by molar-refractivity contribution is 9.10. The molecule has 1 aromatic heterocycles. The molecular weight excluding hydrogens is 728 g/mol. The second-order valence-electron chi connectivity index (χ2n) is 12.3. The van der Waals surface area contributed by atoms with Crippen molar-refractivity contribution >= 4 is 51.1 Å². The molecule has 4 amide bonds. The van der Waals surface area contributed by atoms with Crippen molar-refractivity contribution in [2.45, 2.75) is 36.6 Å². The van der Waals surface area contributed by atoms with Crippen molar-refractivity contribution < 1.29 is 14.3 Å². The molecule has 1 fully saturated rings. The molecule has 0 saturated carbocycles. The van der Waals surface area contributed by atoms with E-state index in [0.29, 0.717) is 6.54 Å². The van der Waals surface area contributed by atoms with Crippen LogP contribution in [0, 0.1) is 0 Å². The van der Waals surface area contributed by atoms with Gasteiger partial charge in [0.25, 0.3) is 0 Å². The summed E-state index contributed by atoms with van der Waals surface area (Å²) in [5.74, 6) is 1.56. The number of carbonyl (C=O) groups is 2. The zero-order valence-corrected chi connectivity index (χ0v) is 32.1. The van der Waals surface area contributed by atoms with Gasteiger partial charge in [0.15, 0.2) is 5.16 Å². The molecule has 0 radical (unpaired) electrons. The van der Waals surface area contributed by atoms with Gasteiger partial charge in [0.05, 0.1) is 12.8 Å². The molecule has 0 spiro atoms. The van der Waals surface area contributed by atoms with Crippen LogP contribution < -0.4 is 26.0 Å². The van der Waals surface area contributed by atoms with Gasteiger partial charge in [-0.2, -0.15) is 0 Å². The highest BCUT2D eigenvalue weighted by atomic mass is 79.9. The number of ether oxygens (including phenoxy) is 1. The fourth-order valence-corrected chi connectivity index (χ4v) is 6.21. The number of aromatic nitrogens is 2. The number of halogens is 1. The standard InChI is InChI=1S/C24H29N5O2S.C14H20BrN3O/c1-29(2)16-4-14-25-23(30)27-20-9-5-18(6-10-20)17-32-24-26-15-13-22(28-24)19-7-11-21(31-3)12-8-19;15-12-4-6-13(7-5-12)17-14(19)16-8-3-11-18-9-1-2-10-18/h5-13,15H,4,14,16-17H2,1-3H3,(H2,25,27,30);4-7H,1-3,8-11H2,(H2,16,17,19). The fraction of sp³-hybridized carbons (Fsp3) is 0.368. The second kappa shape index (κ2) is 21.9. The van der Waals surface area contributed by atoms with Crippen LogP contribution in [0.2, 0.25) is 0 Å². The quantitative estimate of drug-likeness (QED) is 0.0554. The van der Waals surface area contributed by atoms with Gasteiger partial charge in [0.2, 0.25) is 0 Å². The highest BCUT2D eigenvalue weighted by Crippen LogP contribution is 2.25. The molecular formula is C38H49BrN8O3S. The number of likely N-dealkylation sites (tertiary alicyclic amines) is 1. The van der Waals surface area contributed by atoms with E-state index < -0.39 is 0 Å². The molecule has 0 unspecified atom stereocenters. The zero-order valence-electron chi connectivity index (χ0n) is 29.7. The molecule has 13 heteroatoms. The Morgan fingerprint density at radius 2 is 1.45 bits per heavy atom. The molecule has 4 aromatic rings. The summed E-state index contributed by atoms with van der Waals surface area (Å²) < 4.78 is 6.21. The number of amides is 4. The Morgan fingerprint density at radius 1 is 0.843 bits per heavy atom. The lowest BCUT2D eigenvalue weighted by Crippen LogP contribution is -2.31. The van der Waals surface area contributed by atoms with E-state index in [1.807, 2.05) is 93.0 Å². The Morgan fingerprint density at radius 3 is 2.06 bits per heavy atom. The Hall–Kier alpha value is -4.17. The SMILES string of the molecule is COc1ccc(-c2ccnc(SCc3ccc(NC(=O)NCCCN(C)C)cc3)n2)cc1.O=C(NCCCN1CCCC1)Nc1ccc(Br)cc1. The maximum absolute atomic E-state index is 12.0. The maximum Gasteiger partial charge on any atom is 0.319 e. The predicted molar refractivity (Wildman–Crippen MR) is 212 cm³/mol. The van der Waals surface area contributed by atoms with Gasteiger partial charge in [0, 0.05) is 46.5 Å². The van der Waals surface area contributed by atoms with Gasteiger partial charge < -0.3 is 35.8 Å². The van der Waals surface area contributed by atoms with Gasteiger partial charge in [-0.25, -0.2) is 19.6 Å². The third kappa shape index (κ3) is 15.3. The number of thioether (sulfide) groups is 1. The number of methoxy groups -OCH3 is 1. The van der Waals surface area contributed by atoms with Crippen LogP contribution in [0.25, 0.3) is 11.3 Å². The molecule has 1 aliphatic rings. The molecule has 272 valence electrons. The largest absolute Gasteiger partial charge is 0.497 e. The number of nitrogens with one attached hydrogen (secondary N) is 4. The minimum Gasteiger partial charge on any atom is -0.497 e. The van der Waals surface area contributed by atoms with E-state index >= 15 is 0 Å². The number of anilines is 2. The van der Waals surface area contributed by atoms with E-state index in [-0.39, 0.29) is 12.1 Å². The van der Waals surface area contributed by atoms with Gasteiger partial charge in [-0.3, -0.25) is 0 Å². The molecule has 3 aromatic carbocycles. The fourth-order valence-electron chi connectivity index (χ4n) is 5.16. The van der Waals surface area contributed by atoms with Crippen molar-refractivity contribution in [2.75, 3.05) is 71.1 Å². The number of rotatable bonds is 15. The van der Waals surface area contributed by atoms with Crippen molar-refractivity contribution in [1.29, 1.82) is 0 Å². The molecule has 0 atom stereocenters. The van der Waals surface area contributed by atoms with E-state index in [9.17, 15) is 9.59 Å². The normalized spacial score (nSPS) is 12.5. The first-order valence-electron chi connectivity index (χ1n) is 17.2. The molecule has 11 nitrogen and oxygen atoms in total. The van der Waals surface area contributed by atoms with E-state index in [1.54, 1.807) is 25.1 Å². The van der Waals surface area contributed by atoms with E-state index in [4.69, 9.17) is 4.74 Å². The monoisotopic (exact) mass is 776 g/mol. The first kappa shape index (κ1) is 39.6. The maximum atomic E-state index is 12.0. The average molecular weight is 778 g/mol. The van der Waals surface area contributed by atoms with Crippen molar-refractivity contribution in [3.63, 3.8) is 0 Å². The summed E-state index contributed by atoms with van der Waals surface area (Å²) in [5, 5.41) is 12.1. The van der Waals surface area contributed by atoms with Crippen LogP contribution in [0.5, 0.6) is 5.75 Å². The van der Waals surface area contributed by atoms with Gasteiger partial charge in [-0.1, -0.05) is 39.8 Å². The number of benzene rings is 3. The van der Waals surface area contributed by atoms with Gasteiger partial charge in [-0.05, 0) is 138 Å². The summed E-state index contributed by atoms with van der Waals surface area (Å²) in [6, 6.07) is 24.8. The average Bonchev–Trinajstić information content (AvgIpc) is 3.67. The third-order valence-corrected chi connectivity index (χ3v) is 9.37. The highest BCUT2D eigenvalue weighted by Gasteiger charge is 2.11. The molecule has 4 N–H and O–H groups in total. The molecule has 0 aliphatic carbocycles.